The first-order valence-corrected chi connectivity index (χ1v) is 13.1. The highest BCUT2D eigenvalue weighted by atomic mass is 16.6. The number of benzene rings is 3. The van der Waals surface area contributed by atoms with E-state index in [0.29, 0.717) is 35.7 Å². The molecule has 2 bridgehead atoms. The normalized spacial score (nSPS) is 22.9. The molecule has 3 heterocycles. The second-order valence-corrected chi connectivity index (χ2v) is 10.5. The van der Waals surface area contributed by atoms with Gasteiger partial charge in [-0.05, 0) is 23.3 Å². The number of rotatable bonds is 8. The van der Waals surface area contributed by atoms with Crippen LogP contribution in [0.4, 0.5) is 0 Å². The van der Waals surface area contributed by atoms with Crippen LogP contribution in [0.15, 0.2) is 91.0 Å². The van der Waals surface area contributed by atoms with Gasteiger partial charge in [-0.25, -0.2) is 4.79 Å². The maximum Gasteiger partial charge on any atom is 0.348 e. The summed E-state index contributed by atoms with van der Waals surface area (Å²) in [6.45, 7) is 4.21. The largest absolute Gasteiger partial charge is 0.453 e. The first kappa shape index (κ1) is 25.2. The molecule has 6 heteroatoms. The predicted molar refractivity (Wildman–Crippen MR) is 142 cm³/mol. The molecule has 3 aromatic carbocycles. The van der Waals surface area contributed by atoms with E-state index in [1.54, 1.807) is 29.2 Å². The lowest BCUT2D eigenvalue weighted by Gasteiger charge is -2.52. The zero-order valence-electron chi connectivity index (χ0n) is 21.3. The van der Waals surface area contributed by atoms with Crippen LogP contribution in [0.25, 0.3) is 0 Å². The summed E-state index contributed by atoms with van der Waals surface area (Å²) in [6, 6.07) is 27.4. The fourth-order valence-electron chi connectivity index (χ4n) is 5.92. The van der Waals surface area contributed by atoms with Crippen LogP contribution in [0.1, 0.15) is 34.3 Å². The number of carbonyl (C=O) groups is 2. The Bertz CT molecular complexity index is 1170. The summed E-state index contributed by atoms with van der Waals surface area (Å²) in [5, 5.41) is 11.8. The molecule has 6 nitrogen and oxygen atoms in total. The molecule has 192 valence electrons. The van der Waals surface area contributed by atoms with Crippen LogP contribution in [-0.2, 0) is 15.1 Å². The number of aliphatic hydroxyl groups is 1. The van der Waals surface area contributed by atoms with Crippen LogP contribution in [0.5, 0.6) is 0 Å². The van der Waals surface area contributed by atoms with E-state index in [0.717, 1.165) is 37.0 Å². The SMILES string of the molecule is CN(CC[N+]12CCC(CC1)[C@@H](OC(=O)C(O)(c1ccccc1)c1ccccc1)C2)C(=O)c1ccccc1. The minimum absolute atomic E-state index is 0.0180. The molecule has 0 aromatic heterocycles. The molecule has 0 saturated carbocycles. The number of hydrogen-bond acceptors (Lipinski definition) is 4. The molecule has 6 rings (SSSR count). The quantitative estimate of drug-likeness (QED) is 0.378. The number of carbonyl (C=O) groups excluding carboxylic acids is 2. The van der Waals surface area contributed by atoms with Crippen molar-refractivity contribution in [2.45, 2.75) is 24.5 Å². The third-order valence-corrected chi connectivity index (χ3v) is 8.26. The topological polar surface area (TPSA) is 66.8 Å². The van der Waals surface area contributed by atoms with E-state index in [2.05, 4.69) is 0 Å². The second-order valence-electron chi connectivity index (χ2n) is 10.5. The third-order valence-electron chi connectivity index (χ3n) is 8.26. The van der Waals surface area contributed by atoms with Gasteiger partial charge >= 0.3 is 5.97 Å². The Balaban J connectivity index is 1.30. The number of quaternary nitrogens is 1. The predicted octanol–water partition coefficient (Wildman–Crippen LogP) is 3.85. The van der Waals surface area contributed by atoms with Gasteiger partial charge in [0.15, 0.2) is 6.10 Å². The Morgan fingerprint density at radius 3 is 1.95 bits per heavy atom. The highest BCUT2D eigenvalue weighted by Crippen LogP contribution is 2.38. The van der Waals surface area contributed by atoms with Crippen molar-refractivity contribution in [3.63, 3.8) is 0 Å². The van der Waals surface area contributed by atoms with Gasteiger partial charge in [0, 0.05) is 31.4 Å². The zero-order chi connectivity index (χ0) is 25.9. The van der Waals surface area contributed by atoms with Gasteiger partial charge in [0.25, 0.3) is 5.91 Å². The Labute approximate surface area is 218 Å². The molecule has 1 N–H and O–H groups in total. The summed E-state index contributed by atoms with van der Waals surface area (Å²) in [5.41, 5.74) is -0.188. The van der Waals surface area contributed by atoms with E-state index in [1.807, 2.05) is 73.8 Å². The lowest BCUT2D eigenvalue weighted by molar-refractivity contribution is -0.945. The van der Waals surface area contributed by atoms with Crippen molar-refractivity contribution in [2.24, 2.45) is 5.92 Å². The van der Waals surface area contributed by atoms with Crippen LogP contribution in [-0.4, -0.2) is 72.2 Å². The van der Waals surface area contributed by atoms with Gasteiger partial charge in [-0.1, -0.05) is 78.9 Å². The molecule has 0 unspecified atom stereocenters. The third kappa shape index (κ3) is 5.04. The molecule has 3 aromatic rings. The fourth-order valence-corrected chi connectivity index (χ4v) is 5.92. The number of esters is 1. The van der Waals surface area contributed by atoms with Crippen molar-refractivity contribution in [1.29, 1.82) is 0 Å². The first-order chi connectivity index (χ1) is 17.9. The highest BCUT2D eigenvalue weighted by Gasteiger charge is 2.50. The number of likely N-dealkylation sites (N-methyl/N-ethyl adjacent to an activating group) is 1. The van der Waals surface area contributed by atoms with Gasteiger partial charge in [0.05, 0.1) is 26.2 Å². The van der Waals surface area contributed by atoms with Crippen molar-refractivity contribution in [3.8, 4) is 0 Å². The lowest BCUT2D eigenvalue weighted by Crippen LogP contribution is -2.66. The maximum atomic E-state index is 13.7. The van der Waals surface area contributed by atoms with Gasteiger partial charge in [-0.2, -0.15) is 0 Å². The minimum atomic E-state index is -1.87. The van der Waals surface area contributed by atoms with E-state index >= 15 is 0 Å². The number of piperidine rings is 3. The maximum absolute atomic E-state index is 13.7. The average molecular weight is 500 g/mol. The number of nitrogens with zero attached hydrogens (tertiary/aromatic N) is 2. The van der Waals surface area contributed by atoms with E-state index in [4.69, 9.17) is 4.74 Å². The molecule has 3 saturated heterocycles. The minimum Gasteiger partial charge on any atom is -0.453 e. The van der Waals surface area contributed by atoms with Crippen molar-refractivity contribution >= 4 is 11.9 Å². The van der Waals surface area contributed by atoms with E-state index in [-0.39, 0.29) is 12.0 Å². The molecule has 3 aliphatic rings. The zero-order valence-corrected chi connectivity index (χ0v) is 21.3. The van der Waals surface area contributed by atoms with Crippen molar-refractivity contribution < 1.29 is 23.9 Å². The molecule has 0 spiro atoms. The Morgan fingerprint density at radius 2 is 1.41 bits per heavy atom. The van der Waals surface area contributed by atoms with Gasteiger partial charge in [0.2, 0.25) is 5.60 Å². The van der Waals surface area contributed by atoms with Crippen LogP contribution in [0.2, 0.25) is 0 Å². The van der Waals surface area contributed by atoms with Crippen LogP contribution < -0.4 is 0 Å². The highest BCUT2D eigenvalue weighted by molar-refractivity contribution is 5.94. The summed E-state index contributed by atoms with van der Waals surface area (Å²) in [4.78, 5) is 28.3. The molecule has 3 aliphatic heterocycles. The van der Waals surface area contributed by atoms with E-state index < -0.39 is 11.6 Å². The molecule has 0 radical (unpaired) electrons. The van der Waals surface area contributed by atoms with Crippen molar-refractivity contribution in [1.82, 2.24) is 4.90 Å². The lowest BCUT2D eigenvalue weighted by atomic mass is 9.82. The van der Waals surface area contributed by atoms with Crippen molar-refractivity contribution in [3.05, 3.63) is 108 Å². The summed E-state index contributed by atoms with van der Waals surface area (Å²) in [6.07, 6.45) is 1.69. The van der Waals surface area contributed by atoms with Gasteiger partial charge < -0.3 is 19.2 Å². The van der Waals surface area contributed by atoms with Gasteiger partial charge in [-0.15, -0.1) is 0 Å². The number of hydrogen-bond donors (Lipinski definition) is 1. The number of ether oxygens (including phenoxy) is 1. The molecular weight excluding hydrogens is 464 g/mol. The van der Waals surface area contributed by atoms with Crippen molar-refractivity contribution in [2.75, 3.05) is 39.8 Å². The van der Waals surface area contributed by atoms with E-state index in [9.17, 15) is 14.7 Å². The molecular formula is C31H35N2O4+. The van der Waals surface area contributed by atoms with Crippen LogP contribution in [0, 0.1) is 5.92 Å². The summed E-state index contributed by atoms with van der Waals surface area (Å²) < 4.78 is 6.99. The molecule has 1 amide bonds. The Hall–Kier alpha value is -3.48. The molecule has 37 heavy (non-hydrogen) atoms. The molecule has 0 aliphatic carbocycles. The fraction of sp³-hybridized carbons (Fsp3) is 0.355. The molecule has 1 atom stereocenters. The summed E-state index contributed by atoms with van der Waals surface area (Å²) in [7, 11) is 1.85. The summed E-state index contributed by atoms with van der Waals surface area (Å²) >= 11 is 0. The second kappa shape index (κ2) is 10.5. The van der Waals surface area contributed by atoms with E-state index in [1.165, 1.54) is 0 Å². The number of fused-ring (bicyclic) bond motifs is 3. The smallest absolute Gasteiger partial charge is 0.348 e. The monoisotopic (exact) mass is 499 g/mol. The number of amides is 1. The Morgan fingerprint density at radius 1 is 0.892 bits per heavy atom. The van der Waals surface area contributed by atoms with Crippen LogP contribution in [0.3, 0.4) is 0 Å². The van der Waals surface area contributed by atoms with Gasteiger partial charge in [-0.3, -0.25) is 4.79 Å². The summed E-state index contributed by atoms with van der Waals surface area (Å²) in [5.74, 6) is -0.314. The van der Waals surface area contributed by atoms with Gasteiger partial charge in [0.1, 0.15) is 6.54 Å². The first-order valence-electron chi connectivity index (χ1n) is 13.1. The Kier molecular flexibility index (Phi) is 7.13. The average Bonchev–Trinajstić information content (AvgIpc) is 2.97. The standard InChI is InChI=1S/C31H35N2O4/c1-32(29(34)25-11-5-2-6-12-25)19-22-33-20-17-24(18-21-33)28(23-33)37-30(35)31(36,26-13-7-3-8-14-26)27-15-9-4-10-16-27/h2-16,24,28,36H,17-23H2,1H3/q+1/t24?,28-,33?/m0/s1. The van der Waals surface area contributed by atoms with Crippen LogP contribution >= 0.6 is 0 Å². The molecule has 3 fully saturated rings.